The zero-order chi connectivity index (χ0) is 15.0. The van der Waals surface area contributed by atoms with Crippen LogP contribution in [0.4, 0.5) is 0 Å². The van der Waals surface area contributed by atoms with Crippen molar-refractivity contribution in [3.8, 4) is 0 Å². The molecule has 2 fully saturated rings. The van der Waals surface area contributed by atoms with Gasteiger partial charge < -0.3 is 9.84 Å². The number of rotatable bonds is 3. The molecular formula is C17H33NO2. The van der Waals surface area contributed by atoms with Crippen LogP contribution in [-0.4, -0.2) is 47.4 Å². The monoisotopic (exact) mass is 283 g/mol. The average Bonchev–Trinajstić information content (AvgIpc) is 2.39. The van der Waals surface area contributed by atoms with E-state index in [1.807, 2.05) is 0 Å². The molecule has 3 unspecified atom stereocenters. The van der Waals surface area contributed by atoms with Gasteiger partial charge >= 0.3 is 0 Å². The largest absolute Gasteiger partial charge is 0.391 e. The molecule has 1 aliphatic heterocycles. The second-order valence-electron chi connectivity index (χ2n) is 8.05. The van der Waals surface area contributed by atoms with Gasteiger partial charge in [-0.2, -0.15) is 0 Å². The Bertz CT molecular complexity index is 327. The summed E-state index contributed by atoms with van der Waals surface area (Å²) in [5.74, 6) is 0.722. The van der Waals surface area contributed by atoms with E-state index in [0.29, 0.717) is 11.5 Å². The Hall–Kier alpha value is -0.120. The fourth-order valence-electron chi connectivity index (χ4n) is 3.95. The average molecular weight is 283 g/mol. The first-order valence-corrected chi connectivity index (χ1v) is 8.30. The first-order valence-electron chi connectivity index (χ1n) is 8.30. The Morgan fingerprint density at radius 2 is 2.00 bits per heavy atom. The lowest BCUT2D eigenvalue weighted by Crippen LogP contribution is -2.61. The molecule has 0 amide bonds. The molecule has 3 nitrogen and oxygen atoms in total. The molecule has 0 radical (unpaired) electrons. The first kappa shape index (κ1) is 16.3. The van der Waals surface area contributed by atoms with Crippen LogP contribution >= 0.6 is 0 Å². The summed E-state index contributed by atoms with van der Waals surface area (Å²) in [6.07, 6.45) is 4.30. The molecule has 2 aliphatic rings. The fourth-order valence-corrected chi connectivity index (χ4v) is 3.95. The summed E-state index contributed by atoms with van der Waals surface area (Å²) >= 11 is 0. The minimum Gasteiger partial charge on any atom is -0.391 e. The lowest BCUT2D eigenvalue weighted by atomic mass is 9.67. The molecule has 3 heteroatoms. The van der Waals surface area contributed by atoms with Gasteiger partial charge in [-0.1, -0.05) is 27.2 Å². The molecule has 1 N–H and O–H groups in total. The van der Waals surface area contributed by atoms with Crippen molar-refractivity contribution in [2.75, 3.05) is 19.8 Å². The van der Waals surface area contributed by atoms with Gasteiger partial charge in [0, 0.05) is 18.1 Å². The Labute approximate surface area is 124 Å². The number of aliphatic hydroxyl groups excluding tert-OH is 1. The Balaban J connectivity index is 2.12. The number of morpholine rings is 1. The van der Waals surface area contributed by atoms with Crippen molar-refractivity contribution < 1.29 is 9.84 Å². The van der Waals surface area contributed by atoms with Gasteiger partial charge in [0.1, 0.15) is 0 Å². The quantitative estimate of drug-likeness (QED) is 0.864. The SMILES string of the molecule is CCC(C)(C)C1CCC(O)C(N2CCOCC2(C)C)C1. The molecule has 1 heterocycles. The zero-order valence-corrected chi connectivity index (χ0v) is 14.0. The highest BCUT2D eigenvalue weighted by Gasteiger charge is 2.43. The molecule has 1 saturated carbocycles. The second-order valence-corrected chi connectivity index (χ2v) is 8.05. The minimum absolute atomic E-state index is 0.0438. The molecule has 20 heavy (non-hydrogen) atoms. The van der Waals surface area contributed by atoms with E-state index in [4.69, 9.17) is 4.74 Å². The van der Waals surface area contributed by atoms with Crippen LogP contribution in [0.1, 0.15) is 60.3 Å². The third-order valence-electron chi connectivity index (χ3n) is 5.91. The smallest absolute Gasteiger partial charge is 0.0695 e. The molecule has 0 aromatic rings. The lowest BCUT2D eigenvalue weighted by Gasteiger charge is -2.52. The Morgan fingerprint density at radius 1 is 1.30 bits per heavy atom. The van der Waals surface area contributed by atoms with E-state index in [9.17, 15) is 5.11 Å². The van der Waals surface area contributed by atoms with E-state index in [0.717, 1.165) is 38.5 Å². The van der Waals surface area contributed by atoms with E-state index >= 15 is 0 Å². The van der Waals surface area contributed by atoms with Gasteiger partial charge in [-0.05, 0) is 44.4 Å². The fraction of sp³-hybridized carbons (Fsp3) is 1.00. The van der Waals surface area contributed by atoms with Gasteiger partial charge in [0.15, 0.2) is 0 Å². The molecule has 1 saturated heterocycles. The highest BCUT2D eigenvalue weighted by atomic mass is 16.5. The van der Waals surface area contributed by atoms with Crippen molar-refractivity contribution in [2.45, 2.75) is 78.0 Å². The van der Waals surface area contributed by atoms with Crippen molar-refractivity contribution in [1.29, 1.82) is 0 Å². The normalized spacial score (nSPS) is 36.0. The minimum atomic E-state index is -0.170. The molecule has 118 valence electrons. The topological polar surface area (TPSA) is 32.7 Å². The third kappa shape index (κ3) is 3.20. The van der Waals surface area contributed by atoms with Crippen molar-refractivity contribution in [2.24, 2.45) is 11.3 Å². The molecular weight excluding hydrogens is 250 g/mol. The molecule has 2 rings (SSSR count). The Kier molecular flexibility index (Phi) is 4.83. The molecule has 1 aliphatic carbocycles. The number of nitrogens with zero attached hydrogens (tertiary/aromatic N) is 1. The lowest BCUT2D eigenvalue weighted by molar-refractivity contribution is -0.117. The van der Waals surface area contributed by atoms with Gasteiger partial charge in [0.05, 0.1) is 19.3 Å². The van der Waals surface area contributed by atoms with E-state index in [2.05, 4.69) is 39.5 Å². The van der Waals surface area contributed by atoms with Crippen LogP contribution in [0.5, 0.6) is 0 Å². The van der Waals surface area contributed by atoms with Crippen molar-refractivity contribution in [1.82, 2.24) is 4.90 Å². The molecule has 0 spiro atoms. The summed E-state index contributed by atoms with van der Waals surface area (Å²) in [7, 11) is 0. The van der Waals surface area contributed by atoms with Gasteiger partial charge in [-0.15, -0.1) is 0 Å². The predicted molar refractivity (Wildman–Crippen MR) is 82.8 cm³/mol. The van der Waals surface area contributed by atoms with E-state index in [-0.39, 0.29) is 11.6 Å². The highest BCUT2D eigenvalue weighted by Crippen LogP contribution is 2.43. The van der Waals surface area contributed by atoms with Crippen molar-refractivity contribution >= 4 is 0 Å². The van der Waals surface area contributed by atoms with Crippen LogP contribution in [0.15, 0.2) is 0 Å². The number of hydrogen-bond donors (Lipinski definition) is 1. The second kappa shape index (κ2) is 5.94. The molecule has 0 aromatic carbocycles. The standard InChI is InChI=1S/C17H33NO2/c1-6-16(2,3)13-7-8-15(19)14(11-13)18-9-10-20-12-17(18,4)5/h13-15,19H,6-12H2,1-5H3. The highest BCUT2D eigenvalue weighted by molar-refractivity contribution is 4.97. The number of ether oxygens (including phenoxy) is 1. The van der Waals surface area contributed by atoms with Gasteiger partial charge in [0.25, 0.3) is 0 Å². The molecule has 3 atom stereocenters. The maximum absolute atomic E-state index is 10.5. The summed E-state index contributed by atoms with van der Waals surface area (Å²) in [5.41, 5.74) is 0.428. The van der Waals surface area contributed by atoms with Crippen LogP contribution in [0, 0.1) is 11.3 Å². The number of aliphatic hydroxyl groups is 1. The maximum Gasteiger partial charge on any atom is 0.0695 e. The zero-order valence-electron chi connectivity index (χ0n) is 14.0. The number of hydrogen-bond acceptors (Lipinski definition) is 3. The summed E-state index contributed by atoms with van der Waals surface area (Å²) in [6, 6.07) is 0.304. The third-order valence-corrected chi connectivity index (χ3v) is 5.91. The van der Waals surface area contributed by atoms with Crippen LogP contribution in [0.3, 0.4) is 0 Å². The maximum atomic E-state index is 10.5. The van der Waals surface area contributed by atoms with Gasteiger partial charge in [0.2, 0.25) is 0 Å². The van der Waals surface area contributed by atoms with Crippen molar-refractivity contribution in [3.05, 3.63) is 0 Å². The summed E-state index contributed by atoms with van der Waals surface area (Å²) < 4.78 is 5.63. The first-order chi connectivity index (χ1) is 9.28. The summed E-state index contributed by atoms with van der Waals surface area (Å²) in [5, 5.41) is 10.5. The Morgan fingerprint density at radius 3 is 2.60 bits per heavy atom. The van der Waals surface area contributed by atoms with Crippen molar-refractivity contribution in [3.63, 3.8) is 0 Å². The van der Waals surface area contributed by atoms with Gasteiger partial charge in [-0.25, -0.2) is 0 Å². The van der Waals surface area contributed by atoms with Crippen LogP contribution < -0.4 is 0 Å². The van der Waals surface area contributed by atoms with E-state index in [1.165, 1.54) is 12.8 Å². The van der Waals surface area contributed by atoms with Crippen LogP contribution in [0.25, 0.3) is 0 Å². The van der Waals surface area contributed by atoms with Gasteiger partial charge in [-0.3, -0.25) is 4.90 Å². The van der Waals surface area contributed by atoms with Crippen LogP contribution in [0.2, 0.25) is 0 Å². The summed E-state index contributed by atoms with van der Waals surface area (Å²) in [4.78, 5) is 2.51. The summed E-state index contributed by atoms with van der Waals surface area (Å²) in [6.45, 7) is 14.1. The van der Waals surface area contributed by atoms with Crippen LogP contribution in [-0.2, 0) is 4.74 Å². The van der Waals surface area contributed by atoms with E-state index < -0.39 is 0 Å². The predicted octanol–water partition coefficient (Wildman–Crippen LogP) is 3.06. The molecule has 0 bridgehead atoms. The molecule has 0 aromatic heterocycles. The van der Waals surface area contributed by atoms with E-state index in [1.54, 1.807) is 0 Å².